The first-order valence-electron chi connectivity index (χ1n) is 8.43. The molecule has 0 aliphatic heterocycles. The molecule has 1 atom stereocenters. The van der Waals surface area contributed by atoms with E-state index < -0.39 is 6.04 Å². The van der Waals surface area contributed by atoms with Gasteiger partial charge in [-0.1, -0.05) is 42.5 Å². The molecule has 0 fully saturated rings. The van der Waals surface area contributed by atoms with E-state index in [4.69, 9.17) is 0 Å². The summed E-state index contributed by atoms with van der Waals surface area (Å²) in [6.07, 6.45) is 1.80. The second-order valence-electron chi connectivity index (χ2n) is 6.00. The van der Waals surface area contributed by atoms with Crippen LogP contribution < -0.4 is 5.32 Å². The number of carbonyl (C=O) groups excluding carboxylic acids is 1. The first-order chi connectivity index (χ1) is 13.7. The Morgan fingerprint density at radius 1 is 1.14 bits per heavy atom. The maximum Gasteiger partial charge on any atom is 0.256 e. The van der Waals surface area contributed by atoms with Crippen molar-refractivity contribution in [1.29, 1.82) is 0 Å². The molecule has 0 spiro atoms. The van der Waals surface area contributed by atoms with E-state index in [0.29, 0.717) is 12.2 Å². The third kappa shape index (κ3) is 3.90. The molecule has 0 aliphatic carbocycles. The van der Waals surface area contributed by atoms with E-state index in [1.54, 1.807) is 12.1 Å². The molecule has 1 amide bonds. The third-order valence-electron chi connectivity index (χ3n) is 4.04. The van der Waals surface area contributed by atoms with Crippen LogP contribution in [-0.4, -0.2) is 41.3 Å². The number of halogens is 1. The molecule has 0 unspecified atom stereocenters. The molecule has 0 bridgehead atoms. The molecule has 140 valence electrons. The number of H-pyrrole nitrogens is 1. The number of nitrogens with one attached hydrogen (secondary N) is 2. The van der Waals surface area contributed by atoms with Crippen LogP contribution in [-0.2, 0) is 11.2 Å². The van der Waals surface area contributed by atoms with Gasteiger partial charge in [0.15, 0.2) is 6.04 Å². The number of aromatic nitrogens is 7. The number of hydrogen-bond acceptors (Lipinski definition) is 6. The van der Waals surface area contributed by atoms with Crippen molar-refractivity contribution in [2.45, 2.75) is 12.5 Å². The van der Waals surface area contributed by atoms with Crippen molar-refractivity contribution < 1.29 is 9.18 Å². The van der Waals surface area contributed by atoms with Crippen LogP contribution in [0.2, 0.25) is 0 Å². The minimum absolute atomic E-state index is 0.135. The van der Waals surface area contributed by atoms with E-state index in [0.717, 1.165) is 11.1 Å². The zero-order valence-corrected chi connectivity index (χ0v) is 14.5. The fourth-order valence-electron chi connectivity index (χ4n) is 2.75. The zero-order valence-electron chi connectivity index (χ0n) is 14.5. The van der Waals surface area contributed by atoms with Crippen LogP contribution >= 0.6 is 0 Å². The van der Waals surface area contributed by atoms with Crippen molar-refractivity contribution in [3.8, 4) is 0 Å². The number of amides is 1. The van der Waals surface area contributed by atoms with Crippen LogP contribution in [0, 0.1) is 5.82 Å². The first kappa shape index (κ1) is 17.5. The number of nitrogens with zero attached hydrogens (tertiary/aromatic N) is 6. The van der Waals surface area contributed by atoms with E-state index in [9.17, 15) is 9.18 Å². The Bertz CT molecular complexity index is 1050. The molecule has 0 radical (unpaired) electrons. The molecule has 0 saturated heterocycles. The lowest BCUT2D eigenvalue weighted by molar-refractivity contribution is -0.118. The lowest BCUT2D eigenvalue weighted by atomic mass is 10.1. The molecule has 4 aromatic rings. The fraction of sp³-hybridized carbons (Fsp3) is 0.111. The summed E-state index contributed by atoms with van der Waals surface area (Å²) in [5, 5.41) is 20.5. The second kappa shape index (κ2) is 7.74. The van der Waals surface area contributed by atoms with Gasteiger partial charge in [0.25, 0.3) is 5.91 Å². The average molecular weight is 378 g/mol. The fourth-order valence-corrected chi connectivity index (χ4v) is 2.75. The van der Waals surface area contributed by atoms with Crippen LogP contribution in [0.25, 0.3) is 0 Å². The number of benzene rings is 2. The summed E-state index contributed by atoms with van der Waals surface area (Å²) in [7, 11) is 0. The van der Waals surface area contributed by atoms with Crippen molar-refractivity contribution in [1.82, 2.24) is 35.4 Å². The van der Waals surface area contributed by atoms with Gasteiger partial charge in [-0.3, -0.25) is 15.2 Å². The molecular weight excluding hydrogens is 363 g/mol. The average Bonchev–Trinajstić information content (AvgIpc) is 3.37. The Morgan fingerprint density at radius 2 is 1.93 bits per heavy atom. The van der Waals surface area contributed by atoms with Gasteiger partial charge in [-0.05, 0) is 33.7 Å². The first-order valence-corrected chi connectivity index (χ1v) is 8.43. The monoisotopic (exact) mass is 378 g/mol. The molecule has 28 heavy (non-hydrogen) atoms. The molecule has 10 heteroatoms. The minimum atomic E-state index is -0.768. The van der Waals surface area contributed by atoms with E-state index >= 15 is 0 Å². The Balaban J connectivity index is 1.50. The molecule has 2 aromatic carbocycles. The number of tetrazole rings is 1. The van der Waals surface area contributed by atoms with Gasteiger partial charge in [-0.25, -0.2) is 9.07 Å². The van der Waals surface area contributed by atoms with Crippen LogP contribution in [0.3, 0.4) is 0 Å². The van der Waals surface area contributed by atoms with Crippen molar-refractivity contribution in [3.05, 3.63) is 83.7 Å². The largest absolute Gasteiger partial charge is 0.291 e. The van der Waals surface area contributed by atoms with Gasteiger partial charge in [0, 0.05) is 6.42 Å². The topological polar surface area (TPSA) is 114 Å². The zero-order chi connectivity index (χ0) is 19.3. The second-order valence-corrected chi connectivity index (χ2v) is 6.00. The molecular formula is C18H15FN8O. The normalized spacial score (nSPS) is 11.9. The highest BCUT2D eigenvalue weighted by molar-refractivity contribution is 5.94. The number of anilines is 1. The Kier molecular flexibility index (Phi) is 4.83. The van der Waals surface area contributed by atoms with Gasteiger partial charge >= 0.3 is 0 Å². The van der Waals surface area contributed by atoms with Gasteiger partial charge in [0.2, 0.25) is 5.95 Å². The molecule has 2 aromatic heterocycles. The van der Waals surface area contributed by atoms with Crippen molar-refractivity contribution in [2.75, 3.05) is 5.32 Å². The molecule has 9 nitrogen and oxygen atoms in total. The number of hydrogen-bond donors (Lipinski definition) is 2. The SMILES string of the molecule is O=C(Nc1n[nH]c(Cc2ccc(F)cc2)n1)[C@@H](c1ccccc1)n1cnnn1. The van der Waals surface area contributed by atoms with Crippen LogP contribution in [0.15, 0.2) is 60.9 Å². The molecule has 4 rings (SSSR count). The highest BCUT2D eigenvalue weighted by Crippen LogP contribution is 2.18. The molecule has 0 aliphatic rings. The number of carbonyl (C=O) groups is 1. The van der Waals surface area contributed by atoms with E-state index in [-0.39, 0.29) is 17.7 Å². The molecule has 0 saturated carbocycles. The van der Waals surface area contributed by atoms with E-state index in [1.807, 2.05) is 30.3 Å². The summed E-state index contributed by atoms with van der Waals surface area (Å²) in [6, 6.07) is 14.5. The Morgan fingerprint density at radius 3 is 2.64 bits per heavy atom. The lowest BCUT2D eigenvalue weighted by Gasteiger charge is -2.15. The highest BCUT2D eigenvalue weighted by atomic mass is 19.1. The predicted octanol–water partition coefficient (Wildman–Crippen LogP) is 1.75. The van der Waals surface area contributed by atoms with E-state index in [2.05, 4.69) is 36.0 Å². The van der Waals surface area contributed by atoms with Crippen molar-refractivity contribution in [2.24, 2.45) is 0 Å². The van der Waals surface area contributed by atoms with Gasteiger partial charge in [0.05, 0.1) is 0 Å². The van der Waals surface area contributed by atoms with Gasteiger partial charge in [-0.15, -0.1) is 10.2 Å². The maximum absolute atomic E-state index is 13.0. The van der Waals surface area contributed by atoms with Crippen LogP contribution in [0.5, 0.6) is 0 Å². The van der Waals surface area contributed by atoms with Gasteiger partial charge in [-0.2, -0.15) is 4.98 Å². The van der Waals surface area contributed by atoms with Crippen molar-refractivity contribution >= 4 is 11.9 Å². The summed E-state index contributed by atoms with van der Waals surface area (Å²) in [6.45, 7) is 0. The summed E-state index contributed by atoms with van der Waals surface area (Å²) in [4.78, 5) is 17.1. The van der Waals surface area contributed by atoms with Crippen molar-refractivity contribution in [3.63, 3.8) is 0 Å². The summed E-state index contributed by atoms with van der Waals surface area (Å²) < 4.78 is 14.4. The summed E-state index contributed by atoms with van der Waals surface area (Å²) >= 11 is 0. The van der Waals surface area contributed by atoms with E-state index in [1.165, 1.54) is 23.1 Å². The predicted molar refractivity (Wildman–Crippen MR) is 96.6 cm³/mol. The Labute approximate surface area is 158 Å². The number of rotatable bonds is 6. The standard InChI is InChI=1S/C18H15FN8O/c19-14-8-6-12(7-9-14)10-15-21-18(24-23-15)22-17(28)16(27-11-20-25-26-27)13-4-2-1-3-5-13/h1-9,11,16H,10H2,(H2,21,22,23,24,28)/t16-/m1/s1. The Hall–Kier alpha value is -3.95. The van der Waals surface area contributed by atoms with Crippen LogP contribution in [0.4, 0.5) is 10.3 Å². The highest BCUT2D eigenvalue weighted by Gasteiger charge is 2.25. The van der Waals surface area contributed by atoms with Gasteiger partial charge < -0.3 is 0 Å². The summed E-state index contributed by atoms with van der Waals surface area (Å²) in [5.74, 6) is -0.00799. The summed E-state index contributed by atoms with van der Waals surface area (Å²) in [5.41, 5.74) is 1.58. The third-order valence-corrected chi connectivity index (χ3v) is 4.04. The maximum atomic E-state index is 13.0. The minimum Gasteiger partial charge on any atom is -0.291 e. The van der Waals surface area contributed by atoms with Gasteiger partial charge in [0.1, 0.15) is 18.0 Å². The molecule has 2 heterocycles. The lowest BCUT2D eigenvalue weighted by Crippen LogP contribution is -2.28. The molecule has 2 N–H and O–H groups in total. The quantitative estimate of drug-likeness (QED) is 0.528. The van der Waals surface area contributed by atoms with Crippen LogP contribution in [0.1, 0.15) is 23.0 Å². The number of aromatic amines is 1. The smallest absolute Gasteiger partial charge is 0.256 e.